The molecule has 8 nitrogen and oxygen atoms in total. The van der Waals surface area contributed by atoms with E-state index in [0.29, 0.717) is 19.3 Å². The van der Waals surface area contributed by atoms with Crippen molar-refractivity contribution in [3.63, 3.8) is 0 Å². The Hall–Kier alpha value is -2.45. The zero-order chi connectivity index (χ0) is 39.3. The van der Waals surface area contributed by atoms with Crippen LogP contribution >= 0.6 is 0 Å². The number of hydrogen-bond donors (Lipinski definition) is 1. The second-order valence-electron chi connectivity index (χ2n) is 15.6. The summed E-state index contributed by atoms with van der Waals surface area (Å²) in [5, 5.41) is 9.60. The number of quaternary nitrogens is 1. The van der Waals surface area contributed by atoms with E-state index in [0.717, 1.165) is 57.8 Å². The second kappa shape index (κ2) is 36.5. The fourth-order valence-corrected chi connectivity index (χ4v) is 6.22. The molecule has 0 radical (unpaired) electrons. The number of unbranched alkanes of at least 4 members (excludes halogenated alkanes) is 18. The topological polar surface area (TPSA) is 99.1 Å². The highest BCUT2D eigenvalue weighted by Gasteiger charge is 2.31. The molecular formula is C45H82NO7+. The van der Waals surface area contributed by atoms with Crippen molar-refractivity contribution in [3.8, 4) is 0 Å². The Bertz CT molecular complexity index is 968. The van der Waals surface area contributed by atoms with Crippen LogP contribution in [0.25, 0.3) is 0 Å². The largest absolute Gasteiger partial charge is 0.477 e. The Kier molecular flexibility index (Phi) is 34.8. The van der Waals surface area contributed by atoms with Crippen molar-refractivity contribution >= 4 is 17.9 Å². The molecule has 0 aliphatic heterocycles. The summed E-state index contributed by atoms with van der Waals surface area (Å²) >= 11 is 0. The Morgan fingerprint density at radius 2 is 1.06 bits per heavy atom. The van der Waals surface area contributed by atoms with E-state index >= 15 is 0 Å². The summed E-state index contributed by atoms with van der Waals surface area (Å²) in [6.45, 7) is 4.59. The first-order valence-corrected chi connectivity index (χ1v) is 21.5. The van der Waals surface area contributed by atoms with E-state index < -0.39 is 18.1 Å². The molecule has 1 N–H and O–H groups in total. The molecule has 0 aromatic carbocycles. The SMILES string of the molecule is CC/C=C/C/C=C/C/C=C/CCCCC(=O)OCC(COCCC(C(=O)O)[N+](C)(C)C)OC(=O)CCCCCCCCCCCCCCCCCCC. The number of carbonyl (C=O) groups excluding carboxylic acids is 2. The summed E-state index contributed by atoms with van der Waals surface area (Å²) in [5.74, 6) is -1.51. The van der Waals surface area contributed by atoms with Gasteiger partial charge in [-0.25, -0.2) is 4.79 Å². The molecule has 0 aliphatic carbocycles. The highest BCUT2D eigenvalue weighted by atomic mass is 16.6. The van der Waals surface area contributed by atoms with E-state index in [9.17, 15) is 19.5 Å². The van der Waals surface area contributed by atoms with Gasteiger partial charge in [0.25, 0.3) is 0 Å². The van der Waals surface area contributed by atoms with Crippen LogP contribution in [0.4, 0.5) is 0 Å². The summed E-state index contributed by atoms with van der Waals surface area (Å²) in [6, 6.07) is -0.618. The highest BCUT2D eigenvalue weighted by Crippen LogP contribution is 2.15. The average molecular weight is 749 g/mol. The predicted octanol–water partition coefficient (Wildman–Crippen LogP) is 11.5. The maximum atomic E-state index is 12.7. The average Bonchev–Trinajstić information content (AvgIpc) is 3.11. The van der Waals surface area contributed by atoms with Gasteiger partial charge < -0.3 is 23.8 Å². The maximum Gasteiger partial charge on any atom is 0.362 e. The number of nitrogens with zero attached hydrogens (tertiary/aromatic N) is 1. The van der Waals surface area contributed by atoms with Crippen LogP contribution in [0.15, 0.2) is 36.5 Å². The lowest BCUT2D eigenvalue weighted by molar-refractivity contribution is -0.887. The van der Waals surface area contributed by atoms with Crippen LogP contribution in [0.2, 0.25) is 0 Å². The maximum absolute atomic E-state index is 12.7. The minimum absolute atomic E-state index is 0.0513. The number of hydrogen-bond acceptors (Lipinski definition) is 6. The van der Waals surface area contributed by atoms with E-state index in [1.807, 2.05) is 21.1 Å². The van der Waals surface area contributed by atoms with Gasteiger partial charge in [-0.05, 0) is 44.9 Å². The van der Waals surface area contributed by atoms with Crippen molar-refractivity contribution in [3.05, 3.63) is 36.5 Å². The molecule has 2 atom stereocenters. The molecule has 0 aromatic rings. The zero-order valence-electron chi connectivity index (χ0n) is 35.0. The van der Waals surface area contributed by atoms with E-state index in [4.69, 9.17) is 14.2 Å². The summed E-state index contributed by atoms with van der Waals surface area (Å²) in [4.78, 5) is 36.9. The second-order valence-corrected chi connectivity index (χ2v) is 15.6. The van der Waals surface area contributed by atoms with Crippen molar-refractivity contribution in [2.75, 3.05) is 41.0 Å². The number of ether oxygens (including phenoxy) is 3. The quantitative estimate of drug-likeness (QED) is 0.0290. The fourth-order valence-electron chi connectivity index (χ4n) is 6.22. The van der Waals surface area contributed by atoms with Crippen molar-refractivity contribution in [1.29, 1.82) is 0 Å². The molecule has 0 bridgehead atoms. The lowest BCUT2D eigenvalue weighted by atomic mass is 10.0. The predicted molar refractivity (Wildman–Crippen MR) is 220 cm³/mol. The molecule has 53 heavy (non-hydrogen) atoms. The Balaban J connectivity index is 4.36. The molecule has 2 unspecified atom stereocenters. The number of esters is 2. The first kappa shape index (κ1) is 50.5. The smallest absolute Gasteiger partial charge is 0.362 e. The van der Waals surface area contributed by atoms with Crippen molar-refractivity contribution in [2.24, 2.45) is 0 Å². The van der Waals surface area contributed by atoms with Gasteiger partial charge in [-0.2, -0.15) is 0 Å². The van der Waals surface area contributed by atoms with Crippen molar-refractivity contribution in [2.45, 2.75) is 193 Å². The lowest BCUT2D eigenvalue weighted by Gasteiger charge is -2.31. The van der Waals surface area contributed by atoms with Crippen LogP contribution < -0.4 is 0 Å². The first-order chi connectivity index (χ1) is 25.6. The normalized spacial score (nSPS) is 13.3. The number of aliphatic carboxylic acids is 1. The molecule has 0 aliphatic rings. The molecule has 0 saturated heterocycles. The molecule has 0 aromatic heterocycles. The minimum Gasteiger partial charge on any atom is -0.477 e. The Labute approximate surface area is 325 Å². The number of rotatable bonds is 38. The van der Waals surface area contributed by atoms with Gasteiger partial charge in [0.2, 0.25) is 0 Å². The molecule has 308 valence electrons. The summed E-state index contributed by atoms with van der Waals surface area (Å²) < 4.78 is 17.2. The number of carbonyl (C=O) groups is 3. The number of allylic oxidation sites excluding steroid dienone is 6. The fraction of sp³-hybridized carbons (Fsp3) is 0.800. The van der Waals surface area contributed by atoms with Crippen LogP contribution in [0.3, 0.4) is 0 Å². The molecule has 0 spiro atoms. The molecular weight excluding hydrogens is 666 g/mol. The Morgan fingerprint density at radius 1 is 0.585 bits per heavy atom. The number of carboxylic acids is 1. The zero-order valence-corrected chi connectivity index (χ0v) is 35.0. The monoisotopic (exact) mass is 749 g/mol. The van der Waals surface area contributed by atoms with E-state index in [2.05, 4.69) is 50.3 Å². The van der Waals surface area contributed by atoms with E-state index in [1.165, 1.54) is 89.9 Å². The molecule has 0 rings (SSSR count). The van der Waals surface area contributed by atoms with Crippen LogP contribution in [-0.2, 0) is 28.6 Å². The van der Waals surface area contributed by atoms with Crippen LogP contribution in [0.1, 0.15) is 181 Å². The standard InChI is InChI=1S/C45H81NO7/c1-6-8-10-12-14-16-18-20-21-22-23-24-26-28-30-32-34-36-44(48)53-41(39-51-38-37-42(45(49)50)46(3,4)5)40-52-43(47)35-33-31-29-27-25-19-17-15-13-11-9-7-2/h9,11,15,17,25,27,41-42H,6-8,10,12-14,16,18-24,26,28-40H2,1-5H3/p+1/b11-9+,17-15+,27-25+. The highest BCUT2D eigenvalue weighted by molar-refractivity contribution is 5.72. The van der Waals surface area contributed by atoms with Gasteiger partial charge in [-0.15, -0.1) is 0 Å². The Morgan fingerprint density at radius 3 is 1.57 bits per heavy atom. The van der Waals surface area contributed by atoms with Gasteiger partial charge in [-0.3, -0.25) is 9.59 Å². The van der Waals surface area contributed by atoms with Crippen LogP contribution in [0, 0.1) is 0 Å². The van der Waals surface area contributed by atoms with Crippen molar-refractivity contribution in [1.82, 2.24) is 0 Å². The third-order valence-electron chi connectivity index (χ3n) is 9.55. The first-order valence-electron chi connectivity index (χ1n) is 21.5. The van der Waals surface area contributed by atoms with Gasteiger partial charge in [0.1, 0.15) is 6.61 Å². The van der Waals surface area contributed by atoms with Crippen LogP contribution in [-0.4, -0.2) is 80.6 Å². The van der Waals surface area contributed by atoms with Gasteiger partial charge in [-0.1, -0.05) is 153 Å². The number of carboxylic acid groups (broad SMARTS) is 1. The van der Waals surface area contributed by atoms with Crippen molar-refractivity contribution < 1.29 is 38.2 Å². The minimum atomic E-state index is -0.880. The summed E-state index contributed by atoms with van der Waals surface area (Å²) in [7, 11) is 5.51. The molecule has 0 heterocycles. The molecule has 0 fully saturated rings. The molecule has 0 saturated carbocycles. The third-order valence-corrected chi connectivity index (χ3v) is 9.55. The van der Waals surface area contributed by atoms with Gasteiger partial charge in [0.15, 0.2) is 12.1 Å². The van der Waals surface area contributed by atoms with Gasteiger partial charge in [0.05, 0.1) is 34.4 Å². The third kappa shape index (κ3) is 35.0. The number of likely N-dealkylation sites (N-methyl/N-ethyl adjacent to an activating group) is 1. The van der Waals surface area contributed by atoms with E-state index in [-0.39, 0.29) is 36.2 Å². The molecule has 8 heteroatoms. The lowest BCUT2D eigenvalue weighted by Crippen LogP contribution is -2.50. The van der Waals surface area contributed by atoms with Crippen LogP contribution in [0.5, 0.6) is 0 Å². The summed E-state index contributed by atoms with van der Waals surface area (Å²) in [6.07, 6.45) is 40.5. The molecule has 0 amide bonds. The summed E-state index contributed by atoms with van der Waals surface area (Å²) in [5.41, 5.74) is 0. The van der Waals surface area contributed by atoms with Gasteiger partial charge in [0, 0.05) is 19.3 Å². The van der Waals surface area contributed by atoms with E-state index in [1.54, 1.807) is 0 Å². The van der Waals surface area contributed by atoms with Gasteiger partial charge >= 0.3 is 17.9 Å².